The Morgan fingerprint density at radius 2 is 2.35 bits per heavy atom. The molecule has 94 valence electrons. The SMILES string of the molecule is CC1CC(O)(Cc2sccc2Br)CN1C1CC1. The third kappa shape index (κ3) is 2.46. The molecule has 0 radical (unpaired) electrons. The fourth-order valence-corrected chi connectivity index (χ4v) is 4.63. The van der Waals surface area contributed by atoms with Crippen molar-refractivity contribution in [3.05, 3.63) is 20.8 Å². The van der Waals surface area contributed by atoms with Crippen LogP contribution in [0.15, 0.2) is 15.9 Å². The number of rotatable bonds is 3. The van der Waals surface area contributed by atoms with Gasteiger partial charge in [0.25, 0.3) is 0 Å². The van der Waals surface area contributed by atoms with Crippen molar-refractivity contribution in [3.8, 4) is 0 Å². The van der Waals surface area contributed by atoms with Crippen molar-refractivity contribution in [1.82, 2.24) is 4.90 Å². The minimum atomic E-state index is -0.518. The maximum Gasteiger partial charge on any atom is 0.0837 e. The lowest BCUT2D eigenvalue weighted by atomic mass is 9.96. The zero-order valence-corrected chi connectivity index (χ0v) is 12.4. The molecule has 1 aromatic rings. The van der Waals surface area contributed by atoms with Crippen LogP contribution in [0.4, 0.5) is 0 Å². The summed E-state index contributed by atoms with van der Waals surface area (Å²) >= 11 is 5.29. The van der Waals surface area contributed by atoms with Gasteiger partial charge in [0.2, 0.25) is 0 Å². The highest BCUT2D eigenvalue weighted by atomic mass is 79.9. The molecule has 2 fully saturated rings. The molecule has 3 rings (SSSR count). The van der Waals surface area contributed by atoms with E-state index in [0.717, 1.165) is 29.9 Å². The highest BCUT2D eigenvalue weighted by molar-refractivity contribution is 9.10. The molecular formula is C13H18BrNOS. The second kappa shape index (κ2) is 4.34. The van der Waals surface area contributed by atoms with Crippen molar-refractivity contribution in [3.63, 3.8) is 0 Å². The first kappa shape index (κ1) is 12.2. The smallest absolute Gasteiger partial charge is 0.0837 e. The van der Waals surface area contributed by atoms with Crippen molar-refractivity contribution in [2.75, 3.05) is 6.54 Å². The van der Waals surface area contributed by atoms with E-state index in [1.54, 1.807) is 11.3 Å². The van der Waals surface area contributed by atoms with Gasteiger partial charge in [-0.3, -0.25) is 4.90 Å². The van der Waals surface area contributed by atoms with E-state index < -0.39 is 5.60 Å². The average molecular weight is 316 g/mol. The average Bonchev–Trinajstić information content (AvgIpc) is 2.96. The van der Waals surface area contributed by atoms with Crippen molar-refractivity contribution >= 4 is 27.3 Å². The molecule has 1 N–H and O–H groups in total. The van der Waals surface area contributed by atoms with Gasteiger partial charge in [-0.2, -0.15) is 0 Å². The van der Waals surface area contributed by atoms with E-state index in [2.05, 4.69) is 39.2 Å². The normalized spacial score (nSPS) is 34.4. The fourth-order valence-electron chi connectivity index (χ4n) is 3.00. The summed E-state index contributed by atoms with van der Waals surface area (Å²) in [7, 11) is 0. The predicted molar refractivity (Wildman–Crippen MR) is 74.5 cm³/mol. The molecule has 0 spiro atoms. The number of halogens is 1. The lowest BCUT2D eigenvalue weighted by Gasteiger charge is -2.23. The number of nitrogens with zero attached hydrogens (tertiary/aromatic N) is 1. The maximum atomic E-state index is 10.7. The van der Waals surface area contributed by atoms with Crippen LogP contribution in [0.25, 0.3) is 0 Å². The van der Waals surface area contributed by atoms with E-state index in [1.165, 1.54) is 17.7 Å². The van der Waals surface area contributed by atoms with Crippen LogP contribution in [-0.2, 0) is 6.42 Å². The Hall–Kier alpha value is 0.1000. The van der Waals surface area contributed by atoms with Gasteiger partial charge < -0.3 is 5.11 Å². The van der Waals surface area contributed by atoms with Crippen LogP contribution in [0.1, 0.15) is 31.1 Å². The van der Waals surface area contributed by atoms with Crippen LogP contribution < -0.4 is 0 Å². The minimum absolute atomic E-state index is 0.518. The molecule has 2 aliphatic rings. The first-order chi connectivity index (χ1) is 8.07. The third-order valence-corrected chi connectivity index (χ3v) is 5.84. The predicted octanol–water partition coefficient (Wildman–Crippen LogP) is 3.04. The van der Waals surface area contributed by atoms with E-state index in [1.807, 2.05) is 0 Å². The first-order valence-electron chi connectivity index (χ1n) is 6.27. The molecule has 17 heavy (non-hydrogen) atoms. The molecule has 1 aliphatic carbocycles. The molecule has 4 heteroatoms. The lowest BCUT2D eigenvalue weighted by molar-refractivity contribution is 0.0493. The molecule has 1 aliphatic heterocycles. The van der Waals surface area contributed by atoms with Crippen molar-refractivity contribution in [1.29, 1.82) is 0 Å². The first-order valence-corrected chi connectivity index (χ1v) is 7.95. The van der Waals surface area contributed by atoms with E-state index >= 15 is 0 Å². The van der Waals surface area contributed by atoms with E-state index in [9.17, 15) is 5.11 Å². The molecule has 0 bridgehead atoms. The van der Waals surface area contributed by atoms with Crippen molar-refractivity contribution in [2.24, 2.45) is 0 Å². The maximum absolute atomic E-state index is 10.7. The zero-order valence-electron chi connectivity index (χ0n) is 10.0. The third-order valence-electron chi connectivity index (χ3n) is 3.91. The van der Waals surface area contributed by atoms with Gasteiger partial charge in [0, 0.05) is 34.4 Å². The standard InChI is InChI=1S/C13H18BrNOS/c1-9-6-13(16,8-15(9)10-2-3-10)7-12-11(14)4-5-17-12/h4-5,9-10,16H,2-3,6-8H2,1H3. The van der Waals surface area contributed by atoms with Gasteiger partial charge in [-0.25, -0.2) is 0 Å². The van der Waals surface area contributed by atoms with E-state index in [-0.39, 0.29) is 0 Å². The molecule has 1 saturated heterocycles. The Bertz CT molecular complexity index is 417. The van der Waals surface area contributed by atoms with Crippen LogP contribution in [0.5, 0.6) is 0 Å². The molecular weight excluding hydrogens is 298 g/mol. The Morgan fingerprint density at radius 3 is 2.94 bits per heavy atom. The molecule has 0 aromatic carbocycles. The minimum Gasteiger partial charge on any atom is -0.388 e. The summed E-state index contributed by atoms with van der Waals surface area (Å²) in [6, 6.07) is 3.36. The molecule has 2 atom stereocenters. The van der Waals surface area contributed by atoms with Gasteiger partial charge in [0.15, 0.2) is 0 Å². The molecule has 2 nitrogen and oxygen atoms in total. The molecule has 1 aromatic heterocycles. The molecule has 1 saturated carbocycles. The van der Waals surface area contributed by atoms with Crippen LogP contribution in [0, 0.1) is 0 Å². The summed E-state index contributed by atoms with van der Waals surface area (Å²) in [6.45, 7) is 3.10. The summed E-state index contributed by atoms with van der Waals surface area (Å²) in [5.41, 5.74) is -0.518. The molecule has 2 unspecified atom stereocenters. The number of β-amino-alcohol motifs (C(OH)–C–C–N with tert-alkyl or cyclic N) is 1. The fraction of sp³-hybridized carbons (Fsp3) is 0.692. The number of hydrogen-bond acceptors (Lipinski definition) is 3. The van der Waals surface area contributed by atoms with Crippen LogP contribution in [0.3, 0.4) is 0 Å². The second-order valence-corrected chi connectivity index (χ2v) is 7.40. The Balaban J connectivity index is 1.72. The Morgan fingerprint density at radius 1 is 1.59 bits per heavy atom. The van der Waals surface area contributed by atoms with Gasteiger partial charge in [0.1, 0.15) is 0 Å². The topological polar surface area (TPSA) is 23.5 Å². The molecule has 2 heterocycles. The van der Waals surface area contributed by atoms with Crippen molar-refractivity contribution < 1.29 is 5.11 Å². The Labute approximate surface area is 115 Å². The van der Waals surface area contributed by atoms with Gasteiger partial charge in [0.05, 0.1) is 5.60 Å². The molecule has 0 amide bonds. The van der Waals surface area contributed by atoms with Crippen LogP contribution >= 0.6 is 27.3 Å². The summed E-state index contributed by atoms with van der Waals surface area (Å²) in [4.78, 5) is 3.78. The van der Waals surface area contributed by atoms with Crippen LogP contribution in [-0.4, -0.2) is 34.2 Å². The number of aliphatic hydroxyl groups is 1. The summed E-state index contributed by atoms with van der Waals surface area (Å²) in [5, 5.41) is 12.8. The highest BCUT2D eigenvalue weighted by Crippen LogP contribution is 2.39. The number of thiophene rings is 1. The largest absolute Gasteiger partial charge is 0.388 e. The highest BCUT2D eigenvalue weighted by Gasteiger charge is 2.46. The van der Waals surface area contributed by atoms with Crippen molar-refractivity contribution in [2.45, 2.75) is 50.3 Å². The van der Waals surface area contributed by atoms with Gasteiger partial charge in [-0.05, 0) is 53.6 Å². The van der Waals surface area contributed by atoms with Gasteiger partial charge in [-0.15, -0.1) is 11.3 Å². The summed E-state index contributed by atoms with van der Waals surface area (Å²) < 4.78 is 1.15. The van der Waals surface area contributed by atoms with E-state index in [0.29, 0.717) is 6.04 Å². The second-order valence-electron chi connectivity index (χ2n) is 5.55. The van der Waals surface area contributed by atoms with Crippen LogP contribution in [0.2, 0.25) is 0 Å². The lowest BCUT2D eigenvalue weighted by Crippen LogP contribution is -2.36. The summed E-state index contributed by atoms with van der Waals surface area (Å²) in [6.07, 6.45) is 4.35. The Kier molecular flexibility index (Phi) is 3.10. The number of hydrogen-bond donors (Lipinski definition) is 1. The number of likely N-dealkylation sites (tertiary alicyclic amines) is 1. The van der Waals surface area contributed by atoms with E-state index in [4.69, 9.17) is 0 Å². The van der Waals surface area contributed by atoms with Gasteiger partial charge >= 0.3 is 0 Å². The monoisotopic (exact) mass is 315 g/mol. The van der Waals surface area contributed by atoms with Gasteiger partial charge in [-0.1, -0.05) is 0 Å². The zero-order chi connectivity index (χ0) is 12.0. The summed E-state index contributed by atoms with van der Waals surface area (Å²) in [5.74, 6) is 0. The quantitative estimate of drug-likeness (QED) is 0.926.